The summed E-state index contributed by atoms with van der Waals surface area (Å²) in [6.45, 7) is 3.49. The van der Waals surface area contributed by atoms with Crippen LogP contribution in [0.5, 0.6) is 0 Å². The first-order valence-corrected chi connectivity index (χ1v) is 7.22. The number of H-pyrrole nitrogens is 1. The molecule has 23 heavy (non-hydrogen) atoms. The van der Waals surface area contributed by atoms with Gasteiger partial charge in [-0.25, -0.2) is 8.78 Å². The number of para-hydroxylation sites is 1. The molecule has 0 radical (unpaired) electrons. The summed E-state index contributed by atoms with van der Waals surface area (Å²) in [6, 6.07) is 10.4. The van der Waals surface area contributed by atoms with Gasteiger partial charge in [-0.1, -0.05) is 12.1 Å². The van der Waals surface area contributed by atoms with Crippen LogP contribution in [0.25, 0.3) is 10.9 Å². The van der Waals surface area contributed by atoms with Crippen molar-refractivity contribution in [2.45, 2.75) is 19.3 Å². The summed E-state index contributed by atoms with van der Waals surface area (Å²) < 4.78 is 27.0. The number of anilines is 1. The highest BCUT2D eigenvalue weighted by atomic mass is 19.1. The molecule has 0 saturated carbocycles. The van der Waals surface area contributed by atoms with Crippen LogP contribution in [0, 0.1) is 11.6 Å². The third kappa shape index (κ3) is 2.70. The zero-order chi connectivity index (χ0) is 16.6. The smallest absolute Gasteiger partial charge is 0.234 e. The molecule has 1 heterocycles. The van der Waals surface area contributed by atoms with E-state index in [0.29, 0.717) is 5.52 Å². The van der Waals surface area contributed by atoms with Crippen LogP contribution in [-0.4, -0.2) is 10.9 Å². The summed E-state index contributed by atoms with van der Waals surface area (Å²) in [5.74, 6) is -1.18. The molecule has 0 aliphatic carbocycles. The maximum atomic E-state index is 13.7. The molecule has 0 bridgehead atoms. The Bertz CT molecular complexity index is 884. The third-order valence-corrected chi connectivity index (χ3v) is 4.01. The highest BCUT2D eigenvalue weighted by molar-refractivity contribution is 6.01. The second kappa shape index (κ2) is 5.50. The maximum absolute atomic E-state index is 13.7. The van der Waals surface area contributed by atoms with Gasteiger partial charge in [0, 0.05) is 17.1 Å². The molecule has 0 aliphatic rings. The van der Waals surface area contributed by atoms with E-state index in [4.69, 9.17) is 0 Å². The fraction of sp³-hybridized carbons (Fsp3) is 0.167. The van der Waals surface area contributed by atoms with E-state index in [9.17, 15) is 13.6 Å². The van der Waals surface area contributed by atoms with Crippen molar-refractivity contribution in [2.75, 3.05) is 5.32 Å². The van der Waals surface area contributed by atoms with Gasteiger partial charge in [-0.15, -0.1) is 0 Å². The first-order valence-electron chi connectivity index (χ1n) is 7.22. The van der Waals surface area contributed by atoms with Gasteiger partial charge in [0.2, 0.25) is 5.91 Å². The van der Waals surface area contributed by atoms with Gasteiger partial charge < -0.3 is 10.3 Å². The summed E-state index contributed by atoms with van der Waals surface area (Å²) in [6.07, 6.45) is 1.69. The molecule has 0 atom stereocenters. The van der Waals surface area contributed by atoms with Gasteiger partial charge in [0.25, 0.3) is 0 Å². The summed E-state index contributed by atoms with van der Waals surface area (Å²) >= 11 is 0. The number of carbonyl (C=O) groups is 1. The molecular weight excluding hydrogens is 298 g/mol. The highest BCUT2D eigenvalue weighted by Gasteiger charge is 2.32. The van der Waals surface area contributed by atoms with E-state index in [1.54, 1.807) is 38.2 Å². The minimum Gasteiger partial charge on any atom is -0.361 e. The van der Waals surface area contributed by atoms with Gasteiger partial charge in [-0.2, -0.15) is 0 Å². The molecule has 1 amide bonds. The SMILES string of the molecule is CC(C)(C(=O)Nc1ccccc1F)c1c[nH]c2cc(F)ccc12. The molecule has 2 aromatic carbocycles. The zero-order valence-electron chi connectivity index (χ0n) is 12.8. The number of benzene rings is 2. The number of aromatic amines is 1. The van der Waals surface area contributed by atoms with Crippen molar-refractivity contribution in [3.05, 3.63) is 65.9 Å². The Morgan fingerprint density at radius 2 is 1.87 bits per heavy atom. The van der Waals surface area contributed by atoms with Gasteiger partial charge in [0.1, 0.15) is 11.6 Å². The van der Waals surface area contributed by atoms with Crippen LogP contribution in [0.4, 0.5) is 14.5 Å². The lowest BCUT2D eigenvalue weighted by atomic mass is 9.83. The number of hydrogen-bond acceptors (Lipinski definition) is 1. The van der Waals surface area contributed by atoms with Crippen LogP contribution in [-0.2, 0) is 10.2 Å². The molecule has 1 aromatic heterocycles. The second-order valence-corrected chi connectivity index (χ2v) is 5.95. The van der Waals surface area contributed by atoms with Crippen molar-refractivity contribution in [3.8, 4) is 0 Å². The number of halogens is 2. The number of carbonyl (C=O) groups excluding carboxylic acids is 1. The Labute approximate surface area is 132 Å². The van der Waals surface area contributed by atoms with Crippen molar-refractivity contribution in [1.29, 1.82) is 0 Å². The Hall–Kier alpha value is -2.69. The van der Waals surface area contributed by atoms with Gasteiger partial charge in [-0.05, 0) is 49.7 Å². The van der Waals surface area contributed by atoms with E-state index in [-0.39, 0.29) is 17.4 Å². The predicted octanol–water partition coefficient (Wildman–Crippen LogP) is 4.36. The van der Waals surface area contributed by atoms with Crippen LogP contribution >= 0.6 is 0 Å². The van der Waals surface area contributed by atoms with Crippen LogP contribution < -0.4 is 5.32 Å². The fourth-order valence-electron chi connectivity index (χ4n) is 2.58. The summed E-state index contributed by atoms with van der Waals surface area (Å²) in [4.78, 5) is 15.6. The predicted molar refractivity (Wildman–Crippen MR) is 86.3 cm³/mol. The monoisotopic (exact) mass is 314 g/mol. The van der Waals surface area contributed by atoms with Crippen molar-refractivity contribution in [2.24, 2.45) is 0 Å². The Balaban J connectivity index is 1.96. The second-order valence-electron chi connectivity index (χ2n) is 5.95. The third-order valence-electron chi connectivity index (χ3n) is 4.01. The number of nitrogens with one attached hydrogen (secondary N) is 2. The van der Waals surface area contributed by atoms with Gasteiger partial charge in [0.15, 0.2) is 0 Å². The lowest BCUT2D eigenvalue weighted by Crippen LogP contribution is -2.34. The standard InChI is InChI=1S/C18H16F2N2O/c1-18(2,17(23)22-15-6-4-3-5-14(15)20)13-10-21-16-9-11(19)7-8-12(13)16/h3-10,21H,1-2H3,(H,22,23). The fourth-order valence-corrected chi connectivity index (χ4v) is 2.58. The van der Waals surface area contributed by atoms with Crippen molar-refractivity contribution >= 4 is 22.5 Å². The zero-order valence-corrected chi connectivity index (χ0v) is 12.8. The lowest BCUT2D eigenvalue weighted by molar-refractivity contribution is -0.120. The number of hydrogen-bond donors (Lipinski definition) is 2. The minimum absolute atomic E-state index is 0.136. The lowest BCUT2D eigenvalue weighted by Gasteiger charge is -2.23. The molecule has 0 spiro atoms. The van der Waals surface area contributed by atoms with E-state index in [2.05, 4.69) is 10.3 Å². The molecule has 0 unspecified atom stereocenters. The number of amides is 1. The average molecular weight is 314 g/mol. The molecular formula is C18H16F2N2O. The van der Waals surface area contributed by atoms with E-state index in [1.165, 1.54) is 24.3 Å². The van der Waals surface area contributed by atoms with E-state index < -0.39 is 11.2 Å². The quantitative estimate of drug-likeness (QED) is 0.741. The molecule has 3 aromatic rings. The molecule has 2 N–H and O–H groups in total. The first kappa shape index (κ1) is 15.2. The first-order chi connectivity index (χ1) is 10.9. The van der Waals surface area contributed by atoms with E-state index in [1.807, 2.05) is 0 Å². The normalized spacial score (nSPS) is 11.7. The number of fused-ring (bicyclic) bond motifs is 1. The van der Waals surface area contributed by atoms with Crippen LogP contribution in [0.3, 0.4) is 0 Å². The van der Waals surface area contributed by atoms with Crippen molar-refractivity contribution < 1.29 is 13.6 Å². The average Bonchev–Trinajstić information content (AvgIpc) is 2.93. The van der Waals surface area contributed by atoms with E-state index in [0.717, 1.165) is 10.9 Å². The maximum Gasteiger partial charge on any atom is 0.234 e. The highest BCUT2D eigenvalue weighted by Crippen LogP contribution is 2.32. The van der Waals surface area contributed by atoms with Gasteiger partial charge >= 0.3 is 0 Å². The van der Waals surface area contributed by atoms with E-state index >= 15 is 0 Å². The Kier molecular flexibility index (Phi) is 3.64. The molecule has 0 aliphatic heterocycles. The summed E-state index contributed by atoms with van der Waals surface area (Å²) in [5, 5.41) is 3.38. The molecule has 5 heteroatoms. The largest absolute Gasteiger partial charge is 0.361 e. The number of rotatable bonds is 3. The Morgan fingerprint density at radius 1 is 1.13 bits per heavy atom. The van der Waals surface area contributed by atoms with Crippen molar-refractivity contribution in [3.63, 3.8) is 0 Å². The number of aromatic nitrogens is 1. The molecule has 118 valence electrons. The summed E-state index contributed by atoms with van der Waals surface area (Å²) in [5.41, 5.74) is 0.558. The van der Waals surface area contributed by atoms with Crippen LogP contribution in [0.15, 0.2) is 48.7 Å². The van der Waals surface area contributed by atoms with Gasteiger partial charge in [-0.3, -0.25) is 4.79 Å². The topological polar surface area (TPSA) is 44.9 Å². The molecule has 0 saturated heterocycles. The van der Waals surface area contributed by atoms with Crippen LogP contribution in [0.1, 0.15) is 19.4 Å². The minimum atomic E-state index is -0.918. The summed E-state index contributed by atoms with van der Waals surface area (Å²) in [7, 11) is 0. The van der Waals surface area contributed by atoms with Crippen molar-refractivity contribution in [1.82, 2.24) is 4.98 Å². The Morgan fingerprint density at radius 3 is 2.61 bits per heavy atom. The van der Waals surface area contributed by atoms with Gasteiger partial charge in [0.05, 0.1) is 11.1 Å². The molecule has 3 rings (SSSR count). The molecule has 3 nitrogen and oxygen atoms in total. The molecule has 0 fully saturated rings. The van der Waals surface area contributed by atoms with Crippen LogP contribution in [0.2, 0.25) is 0 Å².